The topological polar surface area (TPSA) is 43.4 Å². The Kier molecular flexibility index (Phi) is 6.77. The Bertz CT molecular complexity index is 287. The van der Waals surface area contributed by atoms with Gasteiger partial charge in [0.05, 0.1) is 6.04 Å². The van der Waals surface area contributed by atoms with E-state index in [1.54, 1.807) is 6.20 Å². The van der Waals surface area contributed by atoms with Gasteiger partial charge in [0.25, 0.3) is 0 Å². The highest BCUT2D eigenvalue weighted by molar-refractivity contribution is 5.14. The van der Waals surface area contributed by atoms with Crippen LogP contribution in [0, 0.1) is 0 Å². The highest BCUT2D eigenvalue weighted by Gasteiger charge is 2.23. The van der Waals surface area contributed by atoms with E-state index in [1.165, 1.54) is 0 Å². The van der Waals surface area contributed by atoms with Crippen LogP contribution < -0.4 is 5.32 Å². The number of hydrogen-bond donors (Lipinski definition) is 1. The van der Waals surface area contributed by atoms with E-state index in [1.807, 2.05) is 32.2 Å². The third-order valence-electron chi connectivity index (χ3n) is 2.40. The van der Waals surface area contributed by atoms with Crippen molar-refractivity contribution in [1.82, 2.24) is 10.3 Å². The van der Waals surface area contributed by atoms with Gasteiger partial charge in [-0.2, -0.15) is 0 Å². The van der Waals surface area contributed by atoms with Crippen molar-refractivity contribution in [2.45, 2.75) is 33.1 Å². The molecule has 1 N–H and O–H groups in total. The number of likely N-dealkylation sites (N-methyl/N-ethyl adjacent to an activating group) is 1. The molecule has 0 aliphatic rings. The zero-order valence-corrected chi connectivity index (χ0v) is 10.8. The average Bonchev–Trinajstić information content (AvgIpc) is 2.37. The molecule has 0 saturated heterocycles. The van der Waals surface area contributed by atoms with Gasteiger partial charge >= 0.3 is 0 Å². The van der Waals surface area contributed by atoms with Crippen molar-refractivity contribution >= 4 is 0 Å². The van der Waals surface area contributed by atoms with E-state index in [2.05, 4.69) is 17.2 Å². The lowest BCUT2D eigenvalue weighted by molar-refractivity contribution is -0.155. The zero-order valence-electron chi connectivity index (χ0n) is 10.8. The van der Waals surface area contributed by atoms with Gasteiger partial charge in [-0.15, -0.1) is 0 Å². The maximum atomic E-state index is 5.64. The molecule has 1 heterocycles. The first-order valence-electron chi connectivity index (χ1n) is 6.19. The van der Waals surface area contributed by atoms with Crippen LogP contribution in [0.5, 0.6) is 0 Å². The van der Waals surface area contributed by atoms with Crippen molar-refractivity contribution in [1.29, 1.82) is 0 Å². The maximum Gasteiger partial charge on any atom is 0.176 e. The smallest absolute Gasteiger partial charge is 0.176 e. The van der Waals surface area contributed by atoms with E-state index in [4.69, 9.17) is 9.47 Å². The van der Waals surface area contributed by atoms with Crippen molar-refractivity contribution < 1.29 is 9.47 Å². The van der Waals surface area contributed by atoms with Gasteiger partial charge in [0, 0.05) is 25.6 Å². The summed E-state index contributed by atoms with van der Waals surface area (Å²) < 4.78 is 11.3. The predicted molar refractivity (Wildman–Crippen MR) is 67.7 cm³/mol. The van der Waals surface area contributed by atoms with Gasteiger partial charge in [0.2, 0.25) is 0 Å². The third kappa shape index (κ3) is 4.42. The summed E-state index contributed by atoms with van der Waals surface area (Å²) in [7, 11) is 0. The lowest BCUT2D eigenvalue weighted by Crippen LogP contribution is -2.36. The number of hydrogen-bond acceptors (Lipinski definition) is 4. The Morgan fingerprint density at radius 2 is 1.94 bits per heavy atom. The van der Waals surface area contributed by atoms with Crippen LogP contribution in [0.4, 0.5) is 0 Å². The Hall–Kier alpha value is -0.970. The van der Waals surface area contributed by atoms with E-state index in [9.17, 15) is 0 Å². The van der Waals surface area contributed by atoms with Crippen molar-refractivity contribution in [3.05, 3.63) is 30.1 Å². The highest BCUT2D eigenvalue weighted by atomic mass is 16.7. The van der Waals surface area contributed by atoms with E-state index >= 15 is 0 Å². The summed E-state index contributed by atoms with van der Waals surface area (Å²) >= 11 is 0. The Morgan fingerprint density at radius 1 is 1.24 bits per heavy atom. The van der Waals surface area contributed by atoms with Gasteiger partial charge < -0.3 is 14.8 Å². The fraction of sp³-hybridized carbons (Fsp3) is 0.615. The molecule has 0 amide bonds. The summed E-state index contributed by atoms with van der Waals surface area (Å²) in [6.07, 6.45) is 3.34. The Morgan fingerprint density at radius 3 is 2.41 bits per heavy atom. The van der Waals surface area contributed by atoms with E-state index in [-0.39, 0.29) is 12.3 Å². The summed E-state index contributed by atoms with van der Waals surface area (Å²) in [4.78, 5) is 4.14. The summed E-state index contributed by atoms with van der Waals surface area (Å²) in [5, 5.41) is 3.38. The SMILES string of the molecule is CCNC(c1cccnc1)C(OCC)OCC. The normalized spacial score (nSPS) is 12.9. The first-order chi connectivity index (χ1) is 8.33. The van der Waals surface area contributed by atoms with Crippen LogP contribution in [0.1, 0.15) is 32.4 Å². The second-order valence-electron chi connectivity index (χ2n) is 3.60. The summed E-state index contributed by atoms with van der Waals surface area (Å²) in [6, 6.07) is 3.98. The molecule has 4 heteroatoms. The number of nitrogens with zero attached hydrogens (tertiary/aromatic N) is 1. The van der Waals surface area contributed by atoms with Crippen molar-refractivity contribution in [2.75, 3.05) is 19.8 Å². The molecule has 0 aliphatic carbocycles. The molecule has 0 aliphatic heterocycles. The quantitative estimate of drug-likeness (QED) is 0.705. The van der Waals surface area contributed by atoms with Crippen LogP contribution in [0.3, 0.4) is 0 Å². The standard InChI is InChI=1S/C13H22N2O2/c1-4-15-12(11-8-7-9-14-10-11)13(16-5-2)17-6-3/h7-10,12-13,15H,4-6H2,1-3H3. The lowest BCUT2D eigenvalue weighted by atomic mass is 10.1. The summed E-state index contributed by atoms with van der Waals surface area (Å²) in [6.45, 7) is 8.13. The Balaban J connectivity index is 2.81. The predicted octanol–water partition coefficient (Wildman–Crippen LogP) is 2.13. The van der Waals surface area contributed by atoms with Crippen LogP contribution in [-0.2, 0) is 9.47 Å². The molecule has 0 spiro atoms. The molecule has 1 unspecified atom stereocenters. The second-order valence-corrected chi connectivity index (χ2v) is 3.60. The van der Waals surface area contributed by atoms with E-state index in [0.717, 1.165) is 12.1 Å². The molecule has 96 valence electrons. The second kappa shape index (κ2) is 8.17. The van der Waals surface area contributed by atoms with Crippen LogP contribution in [-0.4, -0.2) is 31.0 Å². The van der Waals surface area contributed by atoms with Crippen LogP contribution in [0.25, 0.3) is 0 Å². The van der Waals surface area contributed by atoms with Crippen LogP contribution in [0.2, 0.25) is 0 Å². The highest BCUT2D eigenvalue weighted by Crippen LogP contribution is 2.19. The van der Waals surface area contributed by atoms with Gasteiger partial charge in [-0.3, -0.25) is 4.98 Å². The molecule has 1 atom stereocenters. The molecule has 0 bridgehead atoms. The van der Waals surface area contributed by atoms with E-state index in [0.29, 0.717) is 13.2 Å². The number of ether oxygens (including phenoxy) is 2. The van der Waals surface area contributed by atoms with Gasteiger partial charge in [0.1, 0.15) is 0 Å². The molecule has 1 aromatic heterocycles. The number of rotatable bonds is 8. The monoisotopic (exact) mass is 238 g/mol. The van der Waals surface area contributed by atoms with Gasteiger partial charge in [0.15, 0.2) is 6.29 Å². The third-order valence-corrected chi connectivity index (χ3v) is 2.40. The fourth-order valence-corrected chi connectivity index (χ4v) is 1.72. The fourth-order valence-electron chi connectivity index (χ4n) is 1.72. The maximum absolute atomic E-state index is 5.64. The minimum atomic E-state index is -0.269. The van der Waals surface area contributed by atoms with Gasteiger partial charge in [-0.25, -0.2) is 0 Å². The lowest BCUT2D eigenvalue weighted by Gasteiger charge is -2.27. The molecule has 0 radical (unpaired) electrons. The van der Waals surface area contributed by atoms with Crippen molar-refractivity contribution in [2.24, 2.45) is 0 Å². The molecule has 17 heavy (non-hydrogen) atoms. The molecule has 0 saturated carbocycles. The molecular weight excluding hydrogens is 216 g/mol. The van der Waals surface area contributed by atoms with Gasteiger partial charge in [-0.1, -0.05) is 13.0 Å². The molecule has 1 aromatic rings. The first kappa shape index (κ1) is 14.1. The first-order valence-corrected chi connectivity index (χ1v) is 6.19. The van der Waals surface area contributed by atoms with Crippen molar-refractivity contribution in [3.63, 3.8) is 0 Å². The molecule has 0 fully saturated rings. The minimum absolute atomic E-state index is 0.0219. The number of aromatic nitrogens is 1. The molecule has 4 nitrogen and oxygen atoms in total. The summed E-state index contributed by atoms with van der Waals surface area (Å²) in [5.74, 6) is 0. The number of nitrogens with one attached hydrogen (secondary N) is 1. The number of pyridine rings is 1. The van der Waals surface area contributed by atoms with E-state index < -0.39 is 0 Å². The Labute approximate surface area is 103 Å². The van der Waals surface area contributed by atoms with Crippen molar-refractivity contribution in [3.8, 4) is 0 Å². The molecular formula is C13H22N2O2. The molecule has 1 rings (SSSR count). The molecule has 0 aromatic carbocycles. The average molecular weight is 238 g/mol. The van der Waals surface area contributed by atoms with Gasteiger partial charge in [-0.05, 0) is 32.0 Å². The minimum Gasteiger partial charge on any atom is -0.351 e. The van der Waals surface area contributed by atoms with Crippen LogP contribution in [0.15, 0.2) is 24.5 Å². The summed E-state index contributed by atoms with van der Waals surface area (Å²) in [5.41, 5.74) is 1.08. The van der Waals surface area contributed by atoms with Crippen LogP contribution >= 0.6 is 0 Å². The zero-order chi connectivity index (χ0) is 12.5. The largest absolute Gasteiger partial charge is 0.351 e.